The standard InChI is InChI=1S/C18H32N2/c1-4-6-7-8-9-12-17(19-14-5-2)16(3)18-13-10-11-15-20-18/h10-11,13,15-17,19H,4-9,12,14H2,1-3H3. The molecule has 0 spiro atoms. The molecule has 0 amide bonds. The zero-order valence-electron chi connectivity index (χ0n) is 13.6. The van der Waals surface area contributed by atoms with Crippen molar-refractivity contribution in [3.63, 3.8) is 0 Å². The van der Waals surface area contributed by atoms with Crippen molar-refractivity contribution in [2.75, 3.05) is 6.54 Å². The molecule has 2 nitrogen and oxygen atoms in total. The van der Waals surface area contributed by atoms with Gasteiger partial charge in [0, 0.05) is 23.9 Å². The number of nitrogens with one attached hydrogen (secondary N) is 1. The van der Waals surface area contributed by atoms with Crippen LogP contribution < -0.4 is 5.32 Å². The first-order chi connectivity index (χ1) is 9.79. The van der Waals surface area contributed by atoms with Gasteiger partial charge < -0.3 is 5.32 Å². The SMILES string of the molecule is CCCCCCCC(NCCC)C(C)c1ccccn1. The topological polar surface area (TPSA) is 24.9 Å². The van der Waals surface area contributed by atoms with Crippen LogP contribution in [0.25, 0.3) is 0 Å². The number of nitrogens with zero attached hydrogens (tertiary/aromatic N) is 1. The molecule has 1 rings (SSSR count). The van der Waals surface area contributed by atoms with Crippen LogP contribution in [0.3, 0.4) is 0 Å². The van der Waals surface area contributed by atoms with Gasteiger partial charge in [-0.05, 0) is 31.5 Å². The minimum absolute atomic E-state index is 0.494. The summed E-state index contributed by atoms with van der Waals surface area (Å²) in [5, 5.41) is 3.72. The van der Waals surface area contributed by atoms with Gasteiger partial charge in [0.1, 0.15) is 0 Å². The van der Waals surface area contributed by atoms with Crippen LogP contribution in [-0.4, -0.2) is 17.6 Å². The lowest BCUT2D eigenvalue weighted by atomic mass is 9.92. The van der Waals surface area contributed by atoms with E-state index in [1.165, 1.54) is 50.6 Å². The smallest absolute Gasteiger partial charge is 0.0447 e. The zero-order valence-corrected chi connectivity index (χ0v) is 13.6. The predicted molar refractivity (Wildman–Crippen MR) is 88.1 cm³/mol. The number of rotatable bonds is 11. The lowest BCUT2D eigenvalue weighted by Gasteiger charge is -2.25. The van der Waals surface area contributed by atoms with Crippen molar-refractivity contribution in [2.24, 2.45) is 0 Å². The van der Waals surface area contributed by atoms with Crippen LogP contribution in [0.15, 0.2) is 24.4 Å². The molecule has 0 fully saturated rings. The summed E-state index contributed by atoms with van der Waals surface area (Å²) in [7, 11) is 0. The Labute approximate surface area is 125 Å². The van der Waals surface area contributed by atoms with Gasteiger partial charge in [0.25, 0.3) is 0 Å². The van der Waals surface area contributed by atoms with E-state index in [-0.39, 0.29) is 0 Å². The van der Waals surface area contributed by atoms with E-state index >= 15 is 0 Å². The molecule has 1 heterocycles. The molecule has 0 aliphatic heterocycles. The fourth-order valence-corrected chi connectivity index (χ4v) is 2.68. The summed E-state index contributed by atoms with van der Waals surface area (Å²) >= 11 is 0. The molecule has 1 aromatic rings. The molecule has 1 N–H and O–H groups in total. The third-order valence-corrected chi connectivity index (χ3v) is 4.03. The Hall–Kier alpha value is -0.890. The molecule has 0 saturated heterocycles. The van der Waals surface area contributed by atoms with Crippen molar-refractivity contribution in [1.29, 1.82) is 0 Å². The van der Waals surface area contributed by atoms with E-state index in [1.54, 1.807) is 0 Å². The molecule has 0 saturated carbocycles. The third kappa shape index (κ3) is 6.51. The maximum Gasteiger partial charge on any atom is 0.0447 e. The Bertz CT molecular complexity index is 323. The molecular weight excluding hydrogens is 244 g/mol. The third-order valence-electron chi connectivity index (χ3n) is 4.03. The normalized spacial score (nSPS) is 14.2. The molecule has 2 atom stereocenters. The number of unbranched alkanes of at least 4 members (excludes halogenated alkanes) is 4. The second-order valence-corrected chi connectivity index (χ2v) is 5.81. The molecule has 0 aromatic carbocycles. The van der Waals surface area contributed by atoms with E-state index in [0.717, 1.165) is 6.54 Å². The van der Waals surface area contributed by atoms with Crippen LogP contribution >= 0.6 is 0 Å². The van der Waals surface area contributed by atoms with E-state index in [0.29, 0.717) is 12.0 Å². The van der Waals surface area contributed by atoms with Gasteiger partial charge in [0.2, 0.25) is 0 Å². The molecule has 2 heteroatoms. The van der Waals surface area contributed by atoms with Gasteiger partial charge in [0.05, 0.1) is 0 Å². The summed E-state index contributed by atoms with van der Waals surface area (Å²) in [6.07, 6.45) is 11.2. The maximum absolute atomic E-state index is 4.53. The number of hydrogen-bond acceptors (Lipinski definition) is 2. The fraction of sp³-hybridized carbons (Fsp3) is 0.722. The quantitative estimate of drug-likeness (QED) is 0.581. The summed E-state index contributed by atoms with van der Waals surface area (Å²) in [5.74, 6) is 0.494. The number of pyridine rings is 1. The summed E-state index contributed by atoms with van der Waals surface area (Å²) < 4.78 is 0. The Morgan fingerprint density at radius 3 is 2.50 bits per heavy atom. The van der Waals surface area contributed by atoms with Crippen molar-refractivity contribution in [1.82, 2.24) is 10.3 Å². The van der Waals surface area contributed by atoms with Gasteiger partial charge in [-0.25, -0.2) is 0 Å². The van der Waals surface area contributed by atoms with Crippen LogP contribution in [0.1, 0.15) is 77.3 Å². The average Bonchev–Trinajstić information content (AvgIpc) is 2.50. The minimum atomic E-state index is 0.494. The molecule has 20 heavy (non-hydrogen) atoms. The first kappa shape index (κ1) is 17.2. The molecule has 2 unspecified atom stereocenters. The predicted octanol–water partition coefficient (Wildman–Crippen LogP) is 4.91. The lowest BCUT2D eigenvalue weighted by Crippen LogP contribution is -2.34. The summed E-state index contributed by atoms with van der Waals surface area (Å²) in [6, 6.07) is 6.81. The van der Waals surface area contributed by atoms with Gasteiger partial charge in [-0.2, -0.15) is 0 Å². The zero-order chi connectivity index (χ0) is 14.6. The second-order valence-electron chi connectivity index (χ2n) is 5.81. The van der Waals surface area contributed by atoms with Crippen molar-refractivity contribution in [2.45, 2.75) is 77.7 Å². The maximum atomic E-state index is 4.53. The van der Waals surface area contributed by atoms with Gasteiger partial charge in [-0.1, -0.05) is 58.9 Å². The number of aromatic nitrogens is 1. The van der Waals surface area contributed by atoms with Crippen LogP contribution in [0.5, 0.6) is 0 Å². The molecule has 0 radical (unpaired) electrons. The van der Waals surface area contributed by atoms with Crippen molar-refractivity contribution >= 4 is 0 Å². The molecule has 0 aliphatic carbocycles. The Kier molecular flexibility index (Phi) is 9.31. The van der Waals surface area contributed by atoms with Crippen LogP contribution in [0.2, 0.25) is 0 Å². The molecule has 0 bridgehead atoms. The lowest BCUT2D eigenvalue weighted by molar-refractivity contribution is 0.401. The fourth-order valence-electron chi connectivity index (χ4n) is 2.68. The Morgan fingerprint density at radius 1 is 1.05 bits per heavy atom. The highest BCUT2D eigenvalue weighted by Crippen LogP contribution is 2.21. The molecule has 0 aliphatic rings. The van der Waals surface area contributed by atoms with Gasteiger partial charge in [-0.15, -0.1) is 0 Å². The highest BCUT2D eigenvalue weighted by molar-refractivity contribution is 5.11. The summed E-state index contributed by atoms with van der Waals surface area (Å²) in [5.41, 5.74) is 1.22. The van der Waals surface area contributed by atoms with Gasteiger partial charge in [-0.3, -0.25) is 4.98 Å². The molecule has 114 valence electrons. The van der Waals surface area contributed by atoms with E-state index in [1.807, 2.05) is 12.3 Å². The highest BCUT2D eigenvalue weighted by Gasteiger charge is 2.18. The Morgan fingerprint density at radius 2 is 1.85 bits per heavy atom. The van der Waals surface area contributed by atoms with Crippen molar-refractivity contribution in [3.05, 3.63) is 30.1 Å². The van der Waals surface area contributed by atoms with E-state index in [4.69, 9.17) is 0 Å². The number of hydrogen-bond donors (Lipinski definition) is 1. The monoisotopic (exact) mass is 276 g/mol. The van der Waals surface area contributed by atoms with E-state index in [9.17, 15) is 0 Å². The summed E-state index contributed by atoms with van der Waals surface area (Å²) in [4.78, 5) is 4.53. The minimum Gasteiger partial charge on any atom is -0.313 e. The van der Waals surface area contributed by atoms with Gasteiger partial charge in [0.15, 0.2) is 0 Å². The first-order valence-corrected chi connectivity index (χ1v) is 8.43. The van der Waals surface area contributed by atoms with Gasteiger partial charge >= 0.3 is 0 Å². The van der Waals surface area contributed by atoms with E-state index in [2.05, 4.69) is 43.2 Å². The average molecular weight is 276 g/mol. The van der Waals surface area contributed by atoms with Crippen molar-refractivity contribution in [3.8, 4) is 0 Å². The van der Waals surface area contributed by atoms with Crippen LogP contribution in [0.4, 0.5) is 0 Å². The summed E-state index contributed by atoms with van der Waals surface area (Å²) in [6.45, 7) is 7.92. The Balaban J connectivity index is 2.46. The molecular formula is C18H32N2. The van der Waals surface area contributed by atoms with Crippen molar-refractivity contribution < 1.29 is 0 Å². The van der Waals surface area contributed by atoms with E-state index < -0.39 is 0 Å². The van der Waals surface area contributed by atoms with Crippen LogP contribution in [-0.2, 0) is 0 Å². The molecule has 1 aromatic heterocycles. The second kappa shape index (κ2) is 10.8. The first-order valence-electron chi connectivity index (χ1n) is 8.43. The highest BCUT2D eigenvalue weighted by atomic mass is 14.9. The van der Waals surface area contributed by atoms with Crippen LogP contribution in [0, 0.1) is 0 Å². The largest absolute Gasteiger partial charge is 0.313 e.